The molecule has 4 nitrogen and oxygen atoms in total. The Labute approximate surface area is 102 Å². The van der Waals surface area contributed by atoms with Crippen LogP contribution in [0, 0.1) is 0 Å². The van der Waals surface area contributed by atoms with Crippen molar-refractivity contribution in [3.8, 4) is 5.75 Å². The Balaban J connectivity index is 2.46. The highest BCUT2D eigenvalue weighted by atomic mass is 16.5. The van der Waals surface area contributed by atoms with E-state index in [1.165, 1.54) is 0 Å². The summed E-state index contributed by atoms with van der Waals surface area (Å²) in [6.07, 6.45) is 2.13. The van der Waals surface area contributed by atoms with Crippen molar-refractivity contribution in [3.63, 3.8) is 0 Å². The molecular formula is C13H19NO3. The van der Waals surface area contributed by atoms with Gasteiger partial charge in [0.2, 0.25) is 0 Å². The Kier molecular flexibility index (Phi) is 6.10. The molecule has 0 saturated heterocycles. The van der Waals surface area contributed by atoms with E-state index in [1.807, 2.05) is 0 Å². The van der Waals surface area contributed by atoms with Gasteiger partial charge in [0, 0.05) is 12.1 Å². The van der Waals surface area contributed by atoms with Gasteiger partial charge in [0.05, 0.1) is 13.2 Å². The molecule has 1 aromatic rings. The molecule has 2 N–H and O–H groups in total. The number of carbonyl (C=O) groups is 1. The zero-order valence-electron chi connectivity index (χ0n) is 10.1. The molecule has 0 aliphatic carbocycles. The van der Waals surface area contributed by atoms with Gasteiger partial charge < -0.3 is 15.2 Å². The zero-order chi connectivity index (χ0) is 12.5. The number of rotatable bonds is 7. The lowest BCUT2D eigenvalue weighted by Gasteiger charge is -2.06. The van der Waals surface area contributed by atoms with Gasteiger partial charge in [0.1, 0.15) is 5.75 Å². The minimum Gasteiger partial charge on any atom is -0.494 e. The third kappa shape index (κ3) is 4.87. The molecule has 0 spiro atoms. The van der Waals surface area contributed by atoms with E-state index in [2.05, 4.69) is 12.2 Å². The summed E-state index contributed by atoms with van der Waals surface area (Å²) in [5.74, 6) is 0.594. The van der Waals surface area contributed by atoms with Crippen LogP contribution in [0.3, 0.4) is 0 Å². The summed E-state index contributed by atoms with van der Waals surface area (Å²) in [6.45, 7) is 3.03. The lowest BCUT2D eigenvalue weighted by molar-refractivity contribution is 0.0944. The molecule has 1 rings (SSSR count). The van der Waals surface area contributed by atoms with Crippen LogP contribution in [0.25, 0.3) is 0 Å². The van der Waals surface area contributed by atoms with Crippen LogP contribution in [0.4, 0.5) is 0 Å². The second-order valence-electron chi connectivity index (χ2n) is 3.71. The van der Waals surface area contributed by atoms with Crippen molar-refractivity contribution in [2.24, 2.45) is 0 Å². The summed E-state index contributed by atoms with van der Waals surface area (Å²) < 4.78 is 5.49. The van der Waals surface area contributed by atoms with E-state index >= 15 is 0 Å². The van der Waals surface area contributed by atoms with Gasteiger partial charge in [-0.05, 0) is 30.7 Å². The predicted molar refractivity (Wildman–Crippen MR) is 66.3 cm³/mol. The van der Waals surface area contributed by atoms with Crippen LogP contribution in [-0.4, -0.2) is 30.8 Å². The monoisotopic (exact) mass is 237 g/mol. The fraction of sp³-hybridized carbons (Fsp3) is 0.462. The average Bonchev–Trinajstić information content (AvgIpc) is 2.37. The highest BCUT2D eigenvalue weighted by Crippen LogP contribution is 2.12. The molecule has 1 aromatic carbocycles. The summed E-state index contributed by atoms with van der Waals surface area (Å²) in [7, 11) is 0. The number of carbonyl (C=O) groups excluding carboxylic acids is 1. The number of amides is 1. The van der Waals surface area contributed by atoms with Gasteiger partial charge in [-0.1, -0.05) is 13.3 Å². The number of aliphatic hydroxyl groups is 1. The zero-order valence-corrected chi connectivity index (χ0v) is 10.1. The minimum absolute atomic E-state index is 0.0516. The maximum absolute atomic E-state index is 11.5. The smallest absolute Gasteiger partial charge is 0.251 e. The van der Waals surface area contributed by atoms with Crippen LogP contribution in [-0.2, 0) is 0 Å². The molecule has 94 valence electrons. The first-order chi connectivity index (χ1) is 8.27. The van der Waals surface area contributed by atoms with Gasteiger partial charge in [-0.25, -0.2) is 0 Å². The summed E-state index contributed by atoms with van der Waals surface area (Å²) in [4.78, 5) is 11.5. The molecule has 4 heteroatoms. The second-order valence-corrected chi connectivity index (χ2v) is 3.71. The van der Waals surface area contributed by atoms with Crippen LogP contribution >= 0.6 is 0 Å². The number of aliphatic hydroxyl groups excluding tert-OH is 1. The van der Waals surface area contributed by atoms with Gasteiger partial charge in [-0.2, -0.15) is 0 Å². The van der Waals surface area contributed by atoms with E-state index in [4.69, 9.17) is 9.84 Å². The number of ether oxygens (including phenoxy) is 1. The standard InChI is InChI=1S/C13H19NO3/c1-2-3-10-17-12-6-4-11(5-7-12)13(16)14-8-9-15/h4-7,15H,2-3,8-10H2,1H3,(H,14,16). The van der Waals surface area contributed by atoms with E-state index in [-0.39, 0.29) is 19.1 Å². The van der Waals surface area contributed by atoms with Gasteiger partial charge in [-0.15, -0.1) is 0 Å². The molecule has 17 heavy (non-hydrogen) atoms. The predicted octanol–water partition coefficient (Wildman–Crippen LogP) is 1.59. The van der Waals surface area contributed by atoms with Crippen molar-refractivity contribution in [1.29, 1.82) is 0 Å². The second kappa shape index (κ2) is 7.68. The van der Waals surface area contributed by atoms with Crippen molar-refractivity contribution < 1.29 is 14.6 Å². The Morgan fingerprint density at radius 1 is 1.35 bits per heavy atom. The molecule has 0 saturated carbocycles. The van der Waals surface area contributed by atoms with Gasteiger partial charge in [0.25, 0.3) is 5.91 Å². The first-order valence-corrected chi connectivity index (χ1v) is 5.90. The van der Waals surface area contributed by atoms with Crippen LogP contribution in [0.1, 0.15) is 30.1 Å². The molecule has 0 fully saturated rings. The summed E-state index contributed by atoms with van der Waals surface area (Å²) in [5, 5.41) is 11.2. The SMILES string of the molecule is CCCCOc1ccc(C(=O)NCCO)cc1. The highest BCUT2D eigenvalue weighted by Gasteiger charge is 2.04. The number of nitrogens with one attached hydrogen (secondary N) is 1. The Morgan fingerprint density at radius 2 is 2.06 bits per heavy atom. The number of hydrogen-bond donors (Lipinski definition) is 2. The molecule has 0 aliphatic heterocycles. The van der Waals surface area contributed by atoms with E-state index in [9.17, 15) is 4.79 Å². The lowest BCUT2D eigenvalue weighted by atomic mass is 10.2. The molecule has 0 unspecified atom stereocenters. The maximum atomic E-state index is 11.5. The summed E-state index contributed by atoms with van der Waals surface area (Å²) in [6, 6.07) is 7.00. The molecule has 0 atom stereocenters. The number of hydrogen-bond acceptors (Lipinski definition) is 3. The molecule has 0 bridgehead atoms. The molecular weight excluding hydrogens is 218 g/mol. The third-order valence-corrected chi connectivity index (χ3v) is 2.28. The van der Waals surface area contributed by atoms with Crippen LogP contribution in [0.2, 0.25) is 0 Å². The largest absolute Gasteiger partial charge is 0.494 e. The normalized spacial score (nSPS) is 10.0. The fourth-order valence-electron chi connectivity index (χ4n) is 1.31. The van der Waals surface area contributed by atoms with E-state index in [0.29, 0.717) is 12.2 Å². The number of benzene rings is 1. The minimum atomic E-state index is -0.181. The van der Waals surface area contributed by atoms with Crippen molar-refractivity contribution >= 4 is 5.91 Å². The highest BCUT2D eigenvalue weighted by molar-refractivity contribution is 5.94. The quantitative estimate of drug-likeness (QED) is 0.708. The average molecular weight is 237 g/mol. The maximum Gasteiger partial charge on any atom is 0.251 e. The van der Waals surface area contributed by atoms with Crippen LogP contribution < -0.4 is 10.1 Å². The Bertz CT molecular complexity index is 335. The molecule has 1 amide bonds. The first-order valence-electron chi connectivity index (χ1n) is 5.90. The van der Waals surface area contributed by atoms with Gasteiger partial charge in [-0.3, -0.25) is 4.79 Å². The first kappa shape index (κ1) is 13.5. The van der Waals surface area contributed by atoms with Crippen molar-refractivity contribution in [1.82, 2.24) is 5.32 Å². The van der Waals surface area contributed by atoms with E-state index in [1.54, 1.807) is 24.3 Å². The molecule has 0 heterocycles. The Morgan fingerprint density at radius 3 is 2.65 bits per heavy atom. The third-order valence-electron chi connectivity index (χ3n) is 2.28. The molecule has 0 aromatic heterocycles. The van der Waals surface area contributed by atoms with E-state index < -0.39 is 0 Å². The van der Waals surface area contributed by atoms with E-state index in [0.717, 1.165) is 18.6 Å². The molecule has 0 aliphatic rings. The summed E-state index contributed by atoms with van der Waals surface area (Å²) in [5.41, 5.74) is 0.571. The van der Waals surface area contributed by atoms with Gasteiger partial charge >= 0.3 is 0 Å². The number of unbranched alkanes of at least 4 members (excludes halogenated alkanes) is 1. The van der Waals surface area contributed by atoms with Crippen LogP contribution in [0.5, 0.6) is 5.75 Å². The van der Waals surface area contributed by atoms with Crippen molar-refractivity contribution in [3.05, 3.63) is 29.8 Å². The topological polar surface area (TPSA) is 58.6 Å². The van der Waals surface area contributed by atoms with Gasteiger partial charge in [0.15, 0.2) is 0 Å². The fourth-order valence-corrected chi connectivity index (χ4v) is 1.31. The molecule has 0 radical (unpaired) electrons. The van der Waals surface area contributed by atoms with Crippen LogP contribution in [0.15, 0.2) is 24.3 Å². The lowest BCUT2D eigenvalue weighted by Crippen LogP contribution is -2.26. The van der Waals surface area contributed by atoms with Crippen molar-refractivity contribution in [2.45, 2.75) is 19.8 Å². The summed E-state index contributed by atoms with van der Waals surface area (Å²) >= 11 is 0. The Hall–Kier alpha value is -1.55. The van der Waals surface area contributed by atoms with Crippen molar-refractivity contribution in [2.75, 3.05) is 19.8 Å².